The topological polar surface area (TPSA) is 103 Å². The molecule has 10 heteroatoms. The van der Waals surface area contributed by atoms with E-state index in [0.29, 0.717) is 27.2 Å². The lowest BCUT2D eigenvalue weighted by molar-refractivity contribution is -0.384. The molecule has 0 unspecified atom stereocenters. The third-order valence-corrected chi connectivity index (χ3v) is 4.13. The summed E-state index contributed by atoms with van der Waals surface area (Å²) in [5.74, 6) is 0.644. The molecule has 0 spiro atoms. The van der Waals surface area contributed by atoms with E-state index in [1.165, 1.54) is 18.2 Å². The highest BCUT2D eigenvalue weighted by atomic mass is 79.9. The normalized spacial score (nSPS) is 11.7. The maximum atomic E-state index is 12.2. The first-order valence-corrected chi connectivity index (χ1v) is 8.10. The molecule has 0 atom stereocenters. The minimum Gasteiger partial charge on any atom is -0.454 e. The van der Waals surface area contributed by atoms with Crippen LogP contribution in [0.1, 0.15) is 10.4 Å². The number of anilines is 1. The van der Waals surface area contributed by atoms with E-state index in [4.69, 9.17) is 21.7 Å². The molecule has 1 aliphatic heterocycles. The average Bonchev–Trinajstić information content (AvgIpc) is 3.04. The number of benzene rings is 2. The monoisotopic (exact) mass is 423 g/mol. The predicted octanol–water partition coefficient (Wildman–Crippen LogP) is 3.21. The van der Waals surface area contributed by atoms with Crippen molar-refractivity contribution in [2.24, 2.45) is 0 Å². The molecule has 25 heavy (non-hydrogen) atoms. The van der Waals surface area contributed by atoms with Crippen molar-refractivity contribution in [2.45, 2.75) is 0 Å². The third-order valence-electron chi connectivity index (χ3n) is 3.27. The molecule has 1 aliphatic rings. The number of thiocarbonyl (C=S) groups is 1. The van der Waals surface area contributed by atoms with Gasteiger partial charge in [-0.25, -0.2) is 0 Å². The fourth-order valence-electron chi connectivity index (χ4n) is 2.09. The van der Waals surface area contributed by atoms with Crippen molar-refractivity contribution in [2.75, 3.05) is 12.1 Å². The van der Waals surface area contributed by atoms with E-state index in [9.17, 15) is 14.9 Å². The van der Waals surface area contributed by atoms with Gasteiger partial charge in [-0.3, -0.25) is 20.2 Å². The lowest BCUT2D eigenvalue weighted by Crippen LogP contribution is -2.34. The number of hydrogen-bond donors (Lipinski definition) is 2. The largest absolute Gasteiger partial charge is 0.454 e. The third kappa shape index (κ3) is 3.86. The number of nitro benzene ring substituents is 1. The van der Waals surface area contributed by atoms with Gasteiger partial charge < -0.3 is 14.8 Å². The maximum absolute atomic E-state index is 12.2. The van der Waals surface area contributed by atoms with Crippen molar-refractivity contribution in [1.29, 1.82) is 0 Å². The van der Waals surface area contributed by atoms with E-state index in [1.807, 2.05) is 0 Å². The summed E-state index contributed by atoms with van der Waals surface area (Å²) in [5, 5.41) is 16.1. The van der Waals surface area contributed by atoms with Gasteiger partial charge in [-0.1, -0.05) is 0 Å². The van der Waals surface area contributed by atoms with Crippen LogP contribution in [0.3, 0.4) is 0 Å². The van der Waals surface area contributed by atoms with Gasteiger partial charge in [-0.05, 0) is 52.4 Å². The van der Waals surface area contributed by atoms with Crippen molar-refractivity contribution in [3.63, 3.8) is 0 Å². The summed E-state index contributed by atoms with van der Waals surface area (Å²) >= 11 is 8.32. The Morgan fingerprint density at radius 3 is 2.68 bits per heavy atom. The predicted molar refractivity (Wildman–Crippen MR) is 97.0 cm³/mol. The van der Waals surface area contributed by atoms with Crippen LogP contribution < -0.4 is 20.1 Å². The number of fused-ring (bicyclic) bond motifs is 1. The highest BCUT2D eigenvalue weighted by molar-refractivity contribution is 9.10. The molecule has 1 amide bonds. The number of hydrogen-bond acceptors (Lipinski definition) is 6. The Morgan fingerprint density at radius 2 is 1.96 bits per heavy atom. The van der Waals surface area contributed by atoms with Gasteiger partial charge in [0.05, 0.1) is 10.6 Å². The smallest absolute Gasteiger partial charge is 0.270 e. The molecule has 0 saturated carbocycles. The van der Waals surface area contributed by atoms with Crippen LogP contribution in [0.25, 0.3) is 0 Å². The standard InChI is InChI=1S/C15H10BrN3O5S/c16-10-6-9(19(21)22)2-3-11(10)17-15(25)18-14(20)8-1-4-12-13(5-8)24-7-23-12/h1-6H,7H2,(H2,17,18,20,25). The number of carbonyl (C=O) groups excluding carboxylic acids is 1. The molecule has 8 nitrogen and oxygen atoms in total. The van der Waals surface area contributed by atoms with Crippen molar-refractivity contribution in [1.82, 2.24) is 5.32 Å². The van der Waals surface area contributed by atoms with Gasteiger partial charge in [-0.2, -0.15) is 0 Å². The zero-order valence-electron chi connectivity index (χ0n) is 12.4. The average molecular weight is 424 g/mol. The van der Waals surface area contributed by atoms with Crippen molar-refractivity contribution < 1.29 is 19.2 Å². The van der Waals surface area contributed by atoms with Crippen LogP contribution in [0.4, 0.5) is 11.4 Å². The molecule has 3 rings (SSSR count). The first kappa shape index (κ1) is 17.1. The van der Waals surface area contributed by atoms with Crippen LogP contribution >= 0.6 is 28.1 Å². The molecular weight excluding hydrogens is 414 g/mol. The van der Waals surface area contributed by atoms with Gasteiger partial charge in [0.2, 0.25) is 6.79 Å². The highest BCUT2D eigenvalue weighted by Crippen LogP contribution is 2.32. The summed E-state index contributed by atoms with van der Waals surface area (Å²) in [7, 11) is 0. The van der Waals surface area contributed by atoms with Gasteiger partial charge >= 0.3 is 0 Å². The van der Waals surface area contributed by atoms with Gasteiger partial charge in [0.1, 0.15) is 0 Å². The van der Waals surface area contributed by atoms with Gasteiger partial charge in [0, 0.05) is 22.2 Å². The number of nitrogens with zero attached hydrogens (tertiary/aromatic N) is 1. The molecular formula is C15H10BrN3O5S. The SMILES string of the molecule is O=C(NC(=S)Nc1ccc([N+](=O)[O-])cc1Br)c1ccc2c(c1)OCO2. The van der Waals surface area contributed by atoms with Crippen molar-refractivity contribution in [3.8, 4) is 11.5 Å². The number of halogens is 1. The molecule has 1 heterocycles. The maximum Gasteiger partial charge on any atom is 0.270 e. The van der Waals surface area contributed by atoms with E-state index >= 15 is 0 Å². The Balaban J connectivity index is 1.66. The molecule has 2 aromatic rings. The summed E-state index contributed by atoms with van der Waals surface area (Å²) in [6.45, 7) is 0.120. The number of nitro groups is 1. The summed E-state index contributed by atoms with van der Waals surface area (Å²) in [4.78, 5) is 22.5. The molecule has 2 N–H and O–H groups in total. The van der Waals surface area contributed by atoms with E-state index in [-0.39, 0.29) is 17.6 Å². The molecule has 0 bridgehead atoms. The van der Waals surface area contributed by atoms with Crippen LogP contribution in [0, 0.1) is 10.1 Å². The zero-order valence-corrected chi connectivity index (χ0v) is 14.8. The van der Waals surface area contributed by atoms with Crippen molar-refractivity contribution >= 4 is 50.5 Å². The molecule has 2 aromatic carbocycles. The Kier molecular flexibility index (Phi) is 4.81. The Bertz CT molecular complexity index is 889. The van der Waals surface area contributed by atoms with E-state index in [1.54, 1.807) is 18.2 Å². The summed E-state index contributed by atoms with van der Waals surface area (Å²) in [6.07, 6.45) is 0. The van der Waals surface area contributed by atoms with E-state index in [0.717, 1.165) is 0 Å². The second-order valence-corrected chi connectivity index (χ2v) is 6.16. The Labute approximate surface area is 155 Å². The molecule has 0 saturated heterocycles. The lowest BCUT2D eigenvalue weighted by Gasteiger charge is -2.11. The summed E-state index contributed by atoms with van der Waals surface area (Å²) in [6, 6.07) is 8.94. The Morgan fingerprint density at radius 1 is 1.20 bits per heavy atom. The van der Waals surface area contributed by atoms with Crippen LogP contribution in [-0.4, -0.2) is 22.7 Å². The fourth-order valence-corrected chi connectivity index (χ4v) is 2.75. The van der Waals surface area contributed by atoms with Crippen molar-refractivity contribution in [3.05, 3.63) is 56.5 Å². The minimum absolute atomic E-state index is 0.0530. The quantitative estimate of drug-likeness (QED) is 0.443. The van der Waals surface area contributed by atoms with E-state index < -0.39 is 10.8 Å². The second-order valence-electron chi connectivity index (χ2n) is 4.90. The second kappa shape index (κ2) is 7.03. The first-order valence-electron chi connectivity index (χ1n) is 6.90. The number of amides is 1. The minimum atomic E-state index is -0.506. The Hall–Kier alpha value is -2.72. The number of ether oxygens (including phenoxy) is 2. The van der Waals surface area contributed by atoms with Crippen LogP contribution in [0.15, 0.2) is 40.9 Å². The molecule has 128 valence electrons. The molecule has 0 radical (unpaired) electrons. The van der Waals surface area contributed by atoms with E-state index in [2.05, 4.69) is 26.6 Å². The lowest BCUT2D eigenvalue weighted by atomic mass is 10.2. The van der Waals surface area contributed by atoms with Crippen LogP contribution in [-0.2, 0) is 0 Å². The summed E-state index contributed by atoms with van der Waals surface area (Å²) in [5.41, 5.74) is 0.783. The number of rotatable bonds is 3. The fraction of sp³-hybridized carbons (Fsp3) is 0.0667. The number of carbonyl (C=O) groups is 1. The van der Waals surface area contributed by atoms with Gasteiger partial charge in [0.15, 0.2) is 16.6 Å². The van der Waals surface area contributed by atoms with Gasteiger partial charge in [-0.15, -0.1) is 0 Å². The highest BCUT2D eigenvalue weighted by Gasteiger charge is 2.17. The number of nitrogens with one attached hydrogen (secondary N) is 2. The molecule has 0 fully saturated rings. The van der Waals surface area contributed by atoms with Crippen LogP contribution in [0.5, 0.6) is 11.5 Å². The first-order chi connectivity index (χ1) is 11.9. The number of non-ortho nitro benzene ring substituents is 1. The van der Waals surface area contributed by atoms with Crippen LogP contribution in [0.2, 0.25) is 0 Å². The molecule has 0 aliphatic carbocycles. The summed E-state index contributed by atoms with van der Waals surface area (Å²) < 4.78 is 10.9. The van der Waals surface area contributed by atoms with Gasteiger partial charge in [0.25, 0.3) is 11.6 Å². The zero-order chi connectivity index (χ0) is 18.0. The molecule has 0 aromatic heterocycles.